The van der Waals surface area contributed by atoms with Gasteiger partial charge in [-0.3, -0.25) is 0 Å². The van der Waals surface area contributed by atoms with E-state index in [4.69, 9.17) is 0 Å². The van der Waals surface area contributed by atoms with Gasteiger partial charge >= 0.3 is 0 Å². The van der Waals surface area contributed by atoms with E-state index in [1.807, 2.05) is 0 Å². The molecule has 1 spiro atoms. The second-order valence-electron chi connectivity index (χ2n) is 9.17. The summed E-state index contributed by atoms with van der Waals surface area (Å²) in [5.41, 5.74) is 5.66. The van der Waals surface area contributed by atoms with Gasteiger partial charge in [0.1, 0.15) is 0 Å². The maximum Gasteiger partial charge on any atom is 0.00982 e. The first-order valence-corrected chi connectivity index (χ1v) is 9.90. The molecular weight excluding hydrogens is 278 g/mol. The van der Waals surface area contributed by atoms with Gasteiger partial charge in [-0.15, -0.1) is 0 Å². The second kappa shape index (κ2) is 4.85. The molecule has 0 radical (unpaired) electrons. The van der Waals surface area contributed by atoms with Crippen molar-refractivity contribution in [2.75, 3.05) is 13.6 Å². The number of rotatable bonds is 0. The Balaban J connectivity index is 1.53. The zero-order chi connectivity index (χ0) is 15.8. The molecule has 0 bridgehead atoms. The number of aryl methyl sites for hydroxylation is 1. The van der Waals surface area contributed by atoms with Gasteiger partial charge in [-0.25, -0.2) is 0 Å². The minimum Gasteiger partial charge on any atom is -0.303 e. The van der Waals surface area contributed by atoms with Crippen molar-refractivity contribution in [3.05, 3.63) is 34.9 Å². The van der Waals surface area contributed by atoms with E-state index in [0.717, 1.165) is 29.7 Å². The fraction of sp³-hybridized carbons (Fsp3) is 0.727. The molecule has 1 aromatic carbocycles. The quantitative estimate of drug-likeness (QED) is 0.666. The standard InChI is InChI=1S/C22H31N/c1-14-5-4-6-17-16(14)7-8-19-18(17)11-12-22-13-23(3)15(2)20(22)9-10-21(19)22/h4-6,15,18-21H,7-13H2,1-3H3/t15-,18+,19+,20+,21-,22-/m0/s1. The lowest BCUT2D eigenvalue weighted by molar-refractivity contribution is 0.0331. The predicted octanol–water partition coefficient (Wildman–Crippen LogP) is 4.78. The van der Waals surface area contributed by atoms with E-state index in [-0.39, 0.29) is 0 Å². The molecule has 1 heteroatoms. The summed E-state index contributed by atoms with van der Waals surface area (Å²) in [7, 11) is 2.38. The van der Waals surface area contributed by atoms with Gasteiger partial charge in [-0.2, -0.15) is 0 Å². The smallest absolute Gasteiger partial charge is 0.00982 e. The molecule has 0 unspecified atom stereocenters. The minimum atomic E-state index is 0.677. The number of hydrogen-bond acceptors (Lipinski definition) is 1. The van der Waals surface area contributed by atoms with Gasteiger partial charge in [-0.05, 0) is 105 Å². The molecule has 1 saturated heterocycles. The van der Waals surface area contributed by atoms with Gasteiger partial charge in [0, 0.05) is 12.6 Å². The van der Waals surface area contributed by atoms with Gasteiger partial charge in [0.25, 0.3) is 0 Å². The lowest BCUT2D eigenvalue weighted by Gasteiger charge is -2.51. The number of nitrogens with zero attached hydrogens (tertiary/aromatic N) is 1. The van der Waals surface area contributed by atoms with Crippen LogP contribution in [0.3, 0.4) is 0 Å². The molecular formula is C22H31N. The summed E-state index contributed by atoms with van der Waals surface area (Å²) in [6.45, 7) is 6.20. The maximum atomic E-state index is 2.68. The van der Waals surface area contributed by atoms with E-state index >= 15 is 0 Å². The third-order valence-electron chi connectivity index (χ3n) is 8.61. The molecule has 3 aliphatic carbocycles. The van der Waals surface area contributed by atoms with Crippen molar-refractivity contribution in [3.63, 3.8) is 0 Å². The van der Waals surface area contributed by atoms with Crippen molar-refractivity contribution in [1.82, 2.24) is 4.90 Å². The maximum absolute atomic E-state index is 2.68. The lowest BCUT2D eigenvalue weighted by atomic mass is 9.53. The molecule has 1 aliphatic heterocycles. The van der Waals surface area contributed by atoms with Crippen molar-refractivity contribution in [2.45, 2.75) is 64.3 Å². The Bertz CT molecular complexity index is 635. The van der Waals surface area contributed by atoms with Crippen molar-refractivity contribution in [3.8, 4) is 0 Å². The van der Waals surface area contributed by atoms with Gasteiger partial charge in [0.2, 0.25) is 0 Å². The molecule has 5 rings (SSSR count). The average molecular weight is 309 g/mol. The summed E-state index contributed by atoms with van der Waals surface area (Å²) in [5.74, 6) is 3.83. The number of hydrogen-bond donors (Lipinski definition) is 0. The molecule has 3 fully saturated rings. The van der Waals surface area contributed by atoms with Crippen LogP contribution >= 0.6 is 0 Å². The second-order valence-corrected chi connectivity index (χ2v) is 9.17. The molecule has 4 aliphatic rings. The molecule has 2 saturated carbocycles. The molecule has 23 heavy (non-hydrogen) atoms. The summed E-state index contributed by atoms with van der Waals surface area (Å²) >= 11 is 0. The highest BCUT2D eigenvalue weighted by molar-refractivity contribution is 5.40. The Labute approximate surface area is 141 Å². The average Bonchev–Trinajstić information content (AvgIpc) is 3.03. The number of benzene rings is 1. The molecule has 1 nitrogen and oxygen atoms in total. The number of likely N-dealkylation sites (tertiary alicyclic amines) is 1. The van der Waals surface area contributed by atoms with Crippen LogP contribution in [0.5, 0.6) is 0 Å². The van der Waals surface area contributed by atoms with Crippen molar-refractivity contribution < 1.29 is 0 Å². The Morgan fingerprint density at radius 3 is 2.78 bits per heavy atom. The Kier molecular flexibility index (Phi) is 3.06. The van der Waals surface area contributed by atoms with E-state index in [9.17, 15) is 0 Å². The van der Waals surface area contributed by atoms with E-state index in [1.54, 1.807) is 16.7 Å². The molecule has 0 aromatic heterocycles. The van der Waals surface area contributed by atoms with E-state index < -0.39 is 0 Å². The first kappa shape index (κ1) is 14.5. The molecule has 1 aromatic rings. The highest BCUT2D eigenvalue weighted by Crippen LogP contribution is 2.66. The zero-order valence-corrected chi connectivity index (χ0v) is 15.0. The summed E-state index contributed by atoms with van der Waals surface area (Å²) < 4.78 is 0. The van der Waals surface area contributed by atoms with Crippen LogP contribution in [0, 0.1) is 30.1 Å². The van der Waals surface area contributed by atoms with Crippen LogP contribution in [-0.4, -0.2) is 24.5 Å². The highest BCUT2D eigenvalue weighted by Gasteiger charge is 2.61. The van der Waals surface area contributed by atoms with Crippen LogP contribution in [0.25, 0.3) is 0 Å². The fourth-order valence-corrected chi connectivity index (χ4v) is 7.60. The van der Waals surface area contributed by atoms with Crippen LogP contribution in [0.4, 0.5) is 0 Å². The van der Waals surface area contributed by atoms with Crippen LogP contribution in [-0.2, 0) is 6.42 Å². The first-order valence-electron chi connectivity index (χ1n) is 9.90. The van der Waals surface area contributed by atoms with E-state index in [1.165, 1.54) is 45.1 Å². The third kappa shape index (κ3) is 1.78. The summed E-state index contributed by atoms with van der Waals surface area (Å²) in [6, 6.07) is 7.91. The van der Waals surface area contributed by atoms with E-state index in [0.29, 0.717) is 5.41 Å². The summed E-state index contributed by atoms with van der Waals surface area (Å²) in [4.78, 5) is 2.68. The Hall–Kier alpha value is -0.820. The van der Waals surface area contributed by atoms with Gasteiger partial charge in [0.05, 0.1) is 0 Å². The molecule has 1 heterocycles. The number of fused-ring (bicyclic) bond motifs is 4. The van der Waals surface area contributed by atoms with Crippen LogP contribution < -0.4 is 0 Å². The molecule has 6 atom stereocenters. The topological polar surface area (TPSA) is 3.24 Å². The van der Waals surface area contributed by atoms with Crippen molar-refractivity contribution >= 4 is 0 Å². The van der Waals surface area contributed by atoms with E-state index in [2.05, 4.69) is 44.0 Å². The first-order chi connectivity index (χ1) is 11.1. The Morgan fingerprint density at radius 2 is 1.91 bits per heavy atom. The monoisotopic (exact) mass is 309 g/mol. The summed E-state index contributed by atoms with van der Waals surface area (Å²) in [5, 5.41) is 0. The SMILES string of the molecule is Cc1cccc2c1CC[C@@H]1[C@@H]2CC[C@]23CN(C)[C@@H](C)[C@H]2CC[C@@H]13. The zero-order valence-electron chi connectivity index (χ0n) is 15.0. The minimum absolute atomic E-state index is 0.677. The summed E-state index contributed by atoms with van der Waals surface area (Å²) in [6.07, 6.45) is 8.76. The predicted molar refractivity (Wildman–Crippen MR) is 95.7 cm³/mol. The van der Waals surface area contributed by atoms with Gasteiger partial charge < -0.3 is 4.90 Å². The lowest BCUT2D eigenvalue weighted by Crippen LogP contribution is -2.45. The largest absolute Gasteiger partial charge is 0.303 e. The van der Waals surface area contributed by atoms with Crippen molar-refractivity contribution in [1.29, 1.82) is 0 Å². The fourth-order valence-electron chi connectivity index (χ4n) is 7.60. The van der Waals surface area contributed by atoms with Crippen LogP contribution in [0.1, 0.15) is 61.6 Å². The highest BCUT2D eigenvalue weighted by atomic mass is 15.2. The van der Waals surface area contributed by atoms with Gasteiger partial charge in [-0.1, -0.05) is 18.2 Å². The van der Waals surface area contributed by atoms with Crippen molar-refractivity contribution in [2.24, 2.45) is 23.2 Å². The van der Waals surface area contributed by atoms with Gasteiger partial charge in [0.15, 0.2) is 0 Å². The molecule has 0 N–H and O–H groups in total. The Morgan fingerprint density at radius 1 is 1.09 bits per heavy atom. The van der Waals surface area contributed by atoms with Crippen LogP contribution in [0.15, 0.2) is 18.2 Å². The van der Waals surface area contributed by atoms with Crippen LogP contribution in [0.2, 0.25) is 0 Å². The molecule has 0 amide bonds. The molecule has 124 valence electrons. The normalized spacial score (nSPS) is 45.3. The third-order valence-corrected chi connectivity index (χ3v) is 8.61.